The second-order valence-corrected chi connectivity index (χ2v) is 9.26. The number of nitrogens with zero attached hydrogens (tertiary/aromatic N) is 2. The van der Waals surface area contributed by atoms with Crippen LogP contribution in [0.4, 0.5) is 0 Å². The maximum Gasteiger partial charge on any atom is 0.268 e. The maximum absolute atomic E-state index is 13.1. The summed E-state index contributed by atoms with van der Waals surface area (Å²) < 4.78 is 7.19. The lowest BCUT2D eigenvalue weighted by atomic mass is 9.90. The summed E-state index contributed by atoms with van der Waals surface area (Å²) in [7, 11) is 0. The van der Waals surface area contributed by atoms with E-state index in [1.807, 2.05) is 44.2 Å². The summed E-state index contributed by atoms with van der Waals surface area (Å²) in [6.45, 7) is 9.78. The van der Waals surface area contributed by atoms with Gasteiger partial charge in [-0.25, -0.2) is 4.98 Å². The van der Waals surface area contributed by atoms with Gasteiger partial charge < -0.3 is 15.4 Å². The molecule has 2 aromatic heterocycles. The number of imidazole rings is 1. The minimum atomic E-state index is -0.158. The van der Waals surface area contributed by atoms with Gasteiger partial charge >= 0.3 is 0 Å². The van der Waals surface area contributed by atoms with Gasteiger partial charge in [0.15, 0.2) is 0 Å². The fourth-order valence-corrected chi connectivity index (χ4v) is 3.98. The molecule has 34 heavy (non-hydrogen) atoms. The molecular weight excluding hydrogens is 428 g/mol. The van der Waals surface area contributed by atoms with E-state index in [9.17, 15) is 9.59 Å². The summed E-state index contributed by atoms with van der Waals surface area (Å²) in [6.07, 6.45) is 3.03. The fourth-order valence-electron chi connectivity index (χ4n) is 3.98. The Hall–Kier alpha value is -3.19. The molecule has 2 heterocycles. The molecule has 1 aromatic carbocycles. The summed E-state index contributed by atoms with van der Waals surface area (Å²) in [5.41, 5.74) is 2.98. The lowest BCUT2D eigenvalue weighted by Gasteiger charge is -2.20. The molecule has 7 nitrogen and oxygen atoms in total. The first kappa shape index (κ1) is 25.4. The van der Waals surface area contributed by atoms with Gasteiger partial charge in [0.25, 0.3) is 5.91 Å². The Bertz CT molecular complexity index is 1080. The van der Waals surface area contributed by atoms with Gasteiger partial charge in [0, 0.05) is 25.2 Å². The van der Waals surface area contributed by atoms with E-state index in [-0.39, 0.29) is 30.3 Å². The van der Waals surface area contributed by atoms with E-state index in [0.717, 1.165) is 6.42 Å². The highest BCUT2D eigenvalue weighted by atomic mass is 16.5. The van der Waals surface area contributed by atoms with Crippen molar-refractivity contribution in [2.24, 2.45) is 5.92 Å². The molecule has 3 rings (SSSR count). The third kappa shape index (κ3) is 7.42. The Morgan fingerprint density at radius 3 is 2.47 bits per heavy atom. The molecule has 0 aliphatic carbocycles. The summed E-state index contributed by atoms with van der Waals surface area (Å²) in [4.78, 5) is 29.9. The van der Waals surface area contributed by atoms with Crippen LogP contribution in [0.25, 0.3) is 5.65 Å². The van der Waals surface area contributed by atoms with Crippen molar-refractivity contribution in [1.82, 2.24) is 20.0 Å². The zero-order valence-corrected chi connectivity index (χ0v) is 20.6. The summed E-state index contributed by atoms with van der Waals surface area (Å²) >= 11 is 0. The predicted octanol–water partition coefficient (Wildman–Crippen LogP) is 3.98. The van der Waals surface area contributed by atoms with Crippen molar-refractivity contribution >= 4 is 17.5 Å². The molecule has 0 fully saturated rings. The molecule has 0 saturated heterocycles. The van der Waals surface area contributed by atoms with Crippen LogP contribution in [0.2, 0.25) is 0 Å². The van der Waals surface area contributed by atoms with E-state index < -0.39 is 0 Å². The Balaban J connectivity index is 1.65. The van der Waals surface area contributed by atoms with Crippen molar-refractivity contribution in [2.45, 2.75) is 52.6 Å². The Morgan fingerprint density at radius 1 is 1.00 bits per heavy atom. The number of nitrogens with one attached hydrogen (secondary N) is 2. The highest BCUT2D eigenvalue weighted by Crippen LogP contribution is 2.23. The van der Waals surface area contributed by atoms with E-state index in [4.69, 9.17) is 4.74 Å². The number of ether oxygens (including phenoxy) is 1. The van der Waals surface area contributed by atoms with E-state index in [0.29, 0.717) is 42.6 Å². The van der Waals surface area contributed by atoms with Gasteiger partial charge in [-0.3, -0.25) is 14.0 Å². The van der Waals surface area contributed by atoms with Crippen molar-refractivity contribution in [3.05, 3.63) is 71.7 Å². The maximum atomic E-state index is 13.1. The van der Waals surface area contributed by atoms with Crippen LogP contribution in [0.3, 0.4) is 0 Å². The molecule has 0 aliphatic rings. The van der Waals surface area contributed by atoms with Gasteiger partial charge in [0.05, 0.1) is 24.8 Å². The third-order valence-electron chi connectivity index (χ3n) is 5.53. The van der Waals surface area contributed by atoms with Gasteiger partial charge in [-0.15, -0.1) is 0 Å². The second kappa shape index (κ2) is 12.3. The lowest BCUT2D eigenvalue weighted by Crippen LogP contribution is -2.30. The molecule has 0 aliphatic heterocycles. The number of carbonyl (C=O) groups excluding carboxylic acids is 2. The van der Waals surface area contributed by atoms with Gasteiger partial charge in [-0.2, -0.15) is 0 Å². The largest absolute Gasteiger partial charge is 0.377 e. The normalized spacial score (nSPS) is 12.3. The number of pyridine rings is 1. The molecule has 182 valence electrons. The van der Waals surface area contributed by atoms with Gasteiger partial charge in [0.2, 0.25) is 5.91 Å². The van der Waals surface area contributed by atoms with Crippen LogP contribution in [0.1, 0.15) is 61.8 Å². The minimum absolute atomic E-state index is 0.124. The number of hydrogen-bond acceptors (Lipinski definition) is 4. The standard InChI is InChI=1S/C27H36N4O3/c1-19(2)15-22(21-9-6-5-7-10-21)17-29-27(33)24-11-8-12-25-30-23(18-31(24)25)16-26(32)28-13-14-34-20(3)4/h5-12,18-20,22H,13-17H2,1-4H3,(H,28,32)(H,29,33). The molecule has 3 aromatic rings. The van der Waals surface area contributed by atoms with E-state index >= 15 is 0 Å². The first-order valence-electron chi connectivity index (χ1n) is 12.0. The number of fused-ring (bicyclic) bond motifs is 1. The van der Waals surface area contributed by atoms with Crippen molar-refractivity contribution in [3.8, 4) is 0 Å². The summed E-state index contributed by atoms with van der Waals surface area (Å²) in [5.74, 6) is 0.478. The molecule has 0 spiro atoms. The SMILES string of the molecule is CC(C)CC(CNC(=O)c1cccc2nc(CC(=O)NCCOC(C)C)cn12)c1ccccc1. The summed E-state index contributed by atoms with van der Waals surface area (Å²) in [6, 6.07) is 15.7. The van der Waals surface area contributed by atoms with Gasteiger partial charge in [0.1, 0.15) is 11.3 Å². The number of hydrogen-bond donors (Lipinski definition) is 2. The highest BCUT2D eigenvalue weighted by Gasteiger charge is 2.17. The number of amides is 2. The van der Waals surface area contributed by atoms with Crippen LogP contribution in [0, 0.1) is 5.92 Å². The van der Waals surface area contributed by atoms with Crippen LogP contribution < -0.4 is 10.6 Å². The van der Waals surface area contributed by atoms with E-state index in [2.05, 4.69) is 41.6 Å². The Kier molecular flexibility index (Phi) is 9.22. The molecular formula is C27H36N4O3. The van der Waals surface area contributed by atoms with Crippen molar-refractivity contribution < 1.29 is 14.3 Å². The van der Waals surface area contributed by atoms with E-state index in [1.165, 1.54) is 5.56 Å². The molecule has 0 radical (unpaired) electrons. The second-order valence-electron chi connectivity index (χ2n) is 9.26. The molecule has 2 N–H and O–H groups in total. The minimum Gasteiger partial charge on any atom is -0.377 e. The quantitative estimate of drug-likeness (QED) is 0.397. The van der Waals surface area contributed by atoms with Crippen LogP contribution in [0.15, 0.2) is 54.7 Å². The van der Waals surface area contributed by atoms with Crippen molar-refractivity contribution in [3.63, 3.8) is 0 Å². The number of aromatic nitrogens is 2. The number of carbonyl (C=O) groups is 2. The monoisotopic (exact) mass is 464 g/mol. The smallest absolute Gasteiger partial charge is 0.268 e. The van der Waals surface area contributed by atoms with Crippen LogP contribution >= 0.6 is 0 Å². The molecule has 2 amide bonds. The van der Waals surface area contributed by atoms with Crippen molar-refractivity contribution in [1.29, 1.82) is 0 Å². The molecule has 0 bridgehead atoms. The third-order valence-corrected chi connectivity index (χ3v) is 5.53. The van der Waals surface area contributed by atoms with Gasteiger partial charge in [-0.05, 0) is 43.9 Å². The van der Waals surface area contributed by atoms with Crippen LogP contribution in [-0.4, -0.2) is 47.0 Å². The summed E-state index contributed by atoms with van der Waals surface area (Å²) in [5, 5.41) is 5.95. The first-order chi connectivity index (χ1) is 16.3. The molecule has 1 atom stereocenters. The first-order valence-corrected chi connectivity index (χ1v) is 12.0. The predicted molar refractivity (Wildman–Crippen MR) is 134 cm³/mol. The van der Waals surface area contributed by atoms with Crippen molar-refractivity contribution in [2.75, 3.05) is 19.7 Å². The Labute approximate surface area is 201 Å². The number of rotatable bonds is 12. The zero-order chi connectivity index (χ0) is 24.5. The van der Waals surface area contributed by atoms with Crippen LogP contribution in [0.5, 0.6) is 0 Å². The topological polar surface area (TPSA) is 84.7 Å². The average Bonchev–Trinajstić information content (AvgIpc) is 3.21. The zero-order valence-electron chi connectivity index (χ0n) is 20.6. The molecule has 1 unspecified atom stereocenters. The lowest BCUT2D eigenvalue weighted by molar-refractivity contribution is -0.120. The van der Waals surface area contributed by atoms with Gasteiger partial charge in [-0.1, -0.05) is 50.2 Å². The highest BCUT2D eigenvalue weighted by molar-refractivity contribution is 5.93. The van der Waals surface area contributed by atoms with E-state index in [1.54, 1.807) is 16.7 Å². The van der Waals surface area contributed by atoms with Crippen LogP contribution in [-0.2, 0) is 16.0 Å². The number of benzene rings is 1. The Morgan fingerprint density at radius 2 is 1.76 bits per heavy atom. The average molecular weight is 465 g/mol. The fraction of sp³-hybridized carbons (Fsp3) is 0.444. The molecule has 0 saturated carbocycles. The molecule has 7 heteroatoms.